The van der Waals surface area contributed by atoms with Crippen molar-refractivity contribution in [3.63, 3.8) is 0 Å². The van der Waals surface area contributed by atoms with Crippen LogP contribution in [-0.2, 0) is 4.79 Å². The number of aliphatic hydroxyl groups is 1. The highest BCUT2D eigenvalue weighted by atomic mass is 16.3. The van der Waals surface area contributed by atoms with Crippen LogP contribution in [0.4, 0.5) is 0 Å². The van der Waals surface area contributed by atoms with Crippen LogP contribution >= 0.6 is 0 Å². The molecule has 2 aliphatic heterocycles. The molecule has 0 aromatic heterocycles. The molecule has 2 bridgehead atoms. The Morgan fingerprint density at radius 3 is 2.40 bits per heavy atom. The first-order valence-electron chi connectivity index (χ1n) is 8.32. The van der Waals surface area contributed by atoms with Crippen molar-refractivity contribution in [1.29, 1.82) is 0 Å². The number of carbonyl (C=O) groups excluding carboxylic acids is 1. The summed E-state index contributed by atoms with van der Waals surface area (Å²) in [6.45, 7) is 2.09. The topological polar surface area (TPSA) is 66.6 Å². The van der Waals surface area contributed by atoms with E-state index in [0.29, 0.717) is 11.8 Å². The summed E-state index contributed by atoms with van der Waals surface area (Å²) in [7, 11) is 0. The molecule has 0 spiro atoms. The Balaban J connectivity index is 1.66. The number of fused-ring (bicyclic) bond motifs is 2. The van der Waals surface area contributed by atoms with Gasteiger partial charge in [-0.1, -0.05) is 13.3 Å². The molecule has 0 aromatic carbocycles. The van der Waals surface area contributed by atoms with Crippen LogP contribution < -0.4 is 5.73 Å². The lowest BCUT2D eigenvalue weighted by molar-refractivity contribution is -0.143. The maximum atomic E-state index is 12.9. The van der Waals surface area contributed by atoms with E-state index in [-0.39, 0.29) is 30.1 Å². The third-order valence-corrected chi connectivity index (χ3v) is 5.81. The first kappa shape index (κ1) is 14.3. The van der Waals surface area contributed by atoms with Gasteiger partial charge in [0.2, 0.25) is 5.91 Å². The van der Waals surface area contributed by atoms with Crippen molar-refractivity contribution < 1.29 is 9.90 Å². The van der Waals surface area contributed by atoms with Crippen molar-refractivity contribution in [1.82, 2.24) is 4.90 Å². The predicted molar refractivity (Wildman–Crippen MR) is 78.0 cm³/mol. The van der Waals surface area contributed by atoms with Gasteiger partial charge in [0.1, 0.15) is 0 Å². The number of hydrogen-bond donors (Lipinski definition) is 2. The van der Waals surface area contributed by atoms with E-state index in [1.807, 2.05) is 0 Å². The normalized spacial score (nSPS) is 42.5. The quantitative estimate of drug-likeness (QED) is 0.808. The fourth-order valence-electron chi connectivity index (χ4n) is 4.67. The summed E-state index contributed by atoms with van der Waals surface area (Å²) in [6.07, 6.45) is 7.92. The smallest absolute Gasteiger partial charge is 0.226 e. The maximum Gasteiger partial charge on any atom is 0.226 e. The van der Waals surface area contributed by atoms with Crippen LogP contribution in [0, 0.1) is 11.8 Å². The molecule has 5 unspecified atom stereocenters. The average Bonchev–Trinajstić information content (AvgIpc) is 2.69. The second kappa shape index (κ2) is 5.64. The molecule has 4 heteroatoms. The highest BCUT2D eigenvalue weighted by Crippen LogP contribution is 2.39. The van der Waals surface area contributed by atoms with Gasteiger partial charge in [-0.2, -0.15) is 0 Å². The van der Waals surface area contributed by atoms with Crippen LogP contribution in [0.3, 0.4) is 0 Å². The van der Waals surface area contributed by atoms with E-state index >= 15 is 0 Å². The predicted octanol–water partition coefficient (Wildman–Crippen LogP) is 1.65. The molecule has 3 rings (SSSR count). The van der Waals surface area contributed by atoms with Gasteiger partial charge in [-0.25, -0.2) is 0 Å². The van der Waals surface area contributed by atoms with Crippen molar-refractivity contribution in [2.45, 2.75) is 82.5 Å². The Bertz CT molecular complexity index is 359. The van der Waals surface area contributed by atoms with Gasteiger partial charge in [0.25, 0.3) is 0 Å². The van der Waals surface area contributed by atoms with Crippen LogP contribution in [-0.4, -0.2) is 40.1 Å². The highest BCUT2D eigenvalue weighted by molar-refractivity contribution is 5.80. The number of carbonyl (C=O) groups is 1. The third-order valence-electron chi connectivity index (χ3n) is 5.81. The minimum Gasteiger partial charge on any atom is -0.393 e. The Kier molecular flexibility index (Phi) is 4.04. The van der Waals surface area contributed by atoms with Gasteiger partial charge in [0.15, 0.2) is 0 Å². The van der Waals surface area contributed by atoms with E-state index in [9.17, 15) is 9.90 Å². The van der Waals surface area contributed by atoms with Crippen molar-refractivity contribution in [2.24, 2.45) is 17.6 Å². The number of piperidine rings is 1. The molecule has 2 heterocycles. The van der Waals surface area contributed by atoms with Gasteiger partial charge in [-0.3, -0.25) is 4.79 Å². The first-order chi connectivity index (χ1) is 9.56. The standard InChI is InChI=1S/C16H28N2O2/c1-10(11-3-2-4-12(17)7-11)16(20)18-13-5-6-14(18)9-15(19)8-13/h10-15,19H,2-9,17H2,1H3. The molecule has 3 aliphatic rings. The number of rotatable bonds is 2. The van der Waals surface area contributed by atoms with Gasteiger partial charge in [0, 0.05) is 24.0 Å². The lowest BCUT2D eigenvalue weighted by atomic mass is 9.78. The Labute approximate surface area is 121 Å². The largest absolute Gasteiger partial charge is 0.393 e. The monoisotopic (exact) mass is 280 g/mol. The molecule has 1 amide bonds. The number of aliphatic hydroxyl groups excluding tert-OH is 1. The van der Waals surface area contributed by atoms with E-state index in [1.165, 1.54) is 0 Å². The highest BCUT2D eigenvalue weighted by Gasteiger charge is 2.44. The molecule has 3 N–H and O–H groups in total. The maximum absolute atomic E-state index is 12.9. The fraction of sp³-hybridized carbons (Fsp3) is 0.938. The minimum atomic E-state index is -0.199. The average molecular weight is 280 g/mol. The number of amides is 1. The van der Waals surface area contributed by atoms with Crippen molar-refractivity contribution in [2.75, 3.05) is 0 Å². The number of nitrogens with zero attached hydrogens (tertiary/aromatic N) is 1. The summed E-state index contributed by atoms with van der Waals surface area (Å²) < 4.78 is 0. The summed E-state index contributed by atoms with van der Waals surface area (Å²) in [4.78, 5) is 15.0. The van der Waals surface area contributed by atoms with Crippen LogP contribution in [0.5, 0.6) is 0 Å². The third kappa shape index (κ3) is 2.60. The van der Waals surface area contributed by atoms with Crippen molar-refractivity contribution in [3.8, 4) is 0 Å². The van der Waals surface area contributed by atoms with Gasteiger partial charge < -0.3 is 15.7 Å². The molecule has 1 saturated carbocycles. The molecular weight excluding hydrogens is 252 g/mol. The molecule has 3 fully saturated rings. The van der Waals surface area contributed by atoms with Crippen molar-refractivity contribution >= 4 is 5.91 Å². The number of hydrogen-bond acceptors (Lipinski definition) is 3. The molecule has 2 saturated heterocycles. The summed E-state index contributed by atoms with van der Waals surface area (Å²) in [6, 6.07) is 0.857. The molecule has 0 aromatic rings. The molecule has 5 atom stereocenters. The van der Waals surface area contributed by atoms with Crippen LogP contribution in [0.2, 0.25) is 0 Å². The number of nitrogens with two attached hydrogens (primary N) is 1. The summed E-state index contributed by atoms with van der Waals surface area (Å²) in [5, 5.41) is 9.86. The zero-order valence-electron chi connectivity index (χ0n) is 12.5. The Hall–Kier alpha value is -0.610. The van der Waals surface area contributed by atoms with Crippen LogP contribution in [0.25, 0.3) is 0 Å². The molecule has 20 heavy (non-hydrogen) atoms. The van der Waals surface area contributed by atoms with E-state index < -0.39 is 0 Å². The fourth-order valence-corrected chi connectivity index (χ4v) is 4.67. The second-order valence-electron chi connectivity index (χ2n) is 7.23. The van der Waals surface area contributed by atoms with Gasteiger partial charge in [-0.15, -0.1) is 0 Å². The van der Waals surface area contributed by atoms with E-state index in [1.54, 1.807) is 0 Å². The second-order valence-corrected chi connectivity index (χ2v) is 7.23. The summed E-state index contributed by atoms with van der Waals surface area (Å²) in [5.74, 6) is 0.876. The SMILES string of the molecule is CC(C(=O)N1C2CCC1CC(O)C2)C1CCCC(N)C1. The molecule has 4 nitrogen and oxygen atoms in total. The van der Waals surface area contributed by atoms with E-state index in [4.69, 9.17) is 5.73 Å². The zero-order chi connectivity index (χ0) is 14.3. The summed E-state index contributed by atoms with van der Waals surface area (Å²) in [5.41, 5.74) is 6.07. The van der Waals surface area contributed by atoms with Crippen LogP contribution in [0.15, 0.2) is 0 Å². The first-order valence-corrected chi connectivity index (χ1v) is 8.32. The lowest BCUT2D eigenvalue weighted by Crippen LogP contribution is -2.51. The van der Waals surface area contributed by atoms with E-state index in [2.05, 4.69) is 11.8 Å². The van der Waals surface area contributed by atoms with Gasteiger partial charge in [-0.05, 0) is 50.9 Å². The van der Waals surface area contributed by atoms with E-state index in [0.717, 1.165) is 51.4 Å². The zero-order valence-corrected chi connectivity index (χ0v) is 12.5. The van der Waals surface area contributed by atoms with Crippen LogP contribution in [0.1, 0.15) is 58.3 Å². The van der Waals surface area contributed by atoms with Gasteiger partial charge in [0.05, 0.1) is 6.10 Å². The lowest BCUT2D eigenvalue weighted by Gasteiger charge is -2.41. The minimum absolute atomic E-state index is 0.0969. The van der Waals surface area contributed by atoms with Gasteiger partial charge >= 0.3 is 0 Å². The molecule has 114 valence electrons. The Morgan fingerprint density at radius 2 is 1.80 bits per heavy atom. The summed E-state index contributed by atoms with van der Waals surface area (Å²) >= 11 is 0. The molecular formula is C16H28N2O2. The molecule has 1 aliphatic carbocycles. The Morgan fingerprint density at radius 1 is 1.15 bits per heavy atom. The van der Waals surface area contributed by atoms with Crippen molar-refractivity contribution in [3.05, 3.63) is 0 Å². The molecule has 0 radical (unpaired) electrons.